The molecule has 4 N–H and O–H groups in total. The molecule has 0 aliphatic carbocycles. The van der Waals surface area contributed by atoms with Crippen LogP contribution in [0.25, 0.3) is 0 Å². The van der Waals surface area contributed by atoms with Gasteiger partial charge in [-0.05, 0) is 36.4 Å². The van der Waals surface area contributed by atoms with Gasteiger partial charge in [-0.2, -0.15) is 0 Å². The molecule has 1 amide bonds. The van der Waals surface area contributed by atoms with Gasteiger partial charge in [0.25, 0.3) is 5.91 Å². The van der Waals surface area contributed by atoms with Gasteiger partial charge < -0.3 is 16.2 Å². The van der Waals surface area contributed by atoms with Crippen LogP contribution in [0.15, 0.2) is 42.5 Å². The van der Waals surface area contributed by atoms with E-state index in [-0.39, 0.29) is 11.3 Å². The molecule has 0 radical (unpaired) electrons. The lowest BCUT2D eigenvalue weighted by atomic mass is 10.1. The van der Waals surface area contributed by atoms with E-state index in [1.165, 1.54) is 18.2 Å². The van der Waals surface area contributed by atoms with Crippen LogP contribution in [0.4, 0.5) is 11.4 Å². The summed E-state index contributed by atoms with van der Waals surface area (Å²) in [7, 11) is 0. The molecule has 0 aliphatic heterocycles. The van der Waals surface area contributed by atoms with Crippen molar-refractivity contribution in [2.45, 2.75) is 0 Å². The number of nitrogen functional groups attached to an aromatic ring is 1. The number of halogens is 1. The third-order valence-electron chi connectivity index (χ3n) is 2.35. The minimum atomic E-state index is -0.443. The van der Waals surface area contributed by atoms with Crippen LogP contribution in [0.1, 0.15) is 10.4 Å². The number of hydrogen-bond acceptors (Lipinski definition) is 3. The molecule has 0 aliphatic rings. The Morgan fingerprint density at radius 1 is 1.22 bits per heavy atom. The lowest BCUT2D eigenvalue weighted by molar-refractivity contribution is 0.102. The zero-order valence-electron chi connectivity index (χ0n) is 9.35. The standard InChI is InChI=1S/C13H11ClN2O2/c14-8-2-1-3-10(6-8)16-13(18)11-7-9(15)4-5-12(11)17/h1-7,17H,15H2,(H,16,18). The Bertz CT molecular complexity index is 599. The first kappa shape index (κ1) is 12.3. The van der Waals surface area contributed by atoms with E-state index in [4.69, 9.17) is 17.3 Å². The molecule has 0 fully saturated rings. The highest BCUT2D eigenvalue weighted by Crippen LogP contribution is 2.22. The number of anilines is 2. The maximum Gasteiger partial charge on any atom is 0.259 e. The highest BCUT2D eigenvalue weighted by Gasteiger charge is 2.11. The molecule has 0 saturated carbocycles. The van der Waals surface area contributed by atoms with E-state index in [0.29, 0.717) is 16.4 Å². The number of aromatic hydroxyl groups is 1. The van der Waals surface area contributed by atoms with Crippen LogP contribution in [-0.4, -0.2) is 11.0 Å². The molecule has 2 rings (SSSR count). The van der Waals surface area contributed by atoms with Crippen LogP contribution in [0.2, 0.25) is 5.02 Å². The van der Waals surface area contributed by atoms with Crippen molar-refractivity contribution in [3.8, 4) is 5.75 Å². The quantitative estimate of drug-likeness (QED) is 0.575. The average molecular weight is 263 g/mol. The van der Waals surface area contributed by atoms with Crippen LogP contribution in [-0.2, 0) is 0 Å². The van der Waals surface area contributed by atoms with Gasteiger partial charge in [0.1, 0.15) is 5.75 Å². The number of nitrogens with one attached hydrogen (secondary N) is 1. The number of amides is 1. The van der Waals surface area contributed by atoms with Crippen molar-refractivity contribution in [3.05, 3.63) is 53.1 Å². The normalized spacial score (nSPS) is 10.1. The second-order valence-corrected chi connectivity index (χ2v) is 4.18. The minimum absolute atomic E-state index is 0.120. The van der Waals surface area contributed by atoms with Gasteiger partial charge in [0, 0.05) is 16.4 Å². The summed E-state index contributed by atoms with van der Waals surface area (Å²) in [5.74, 6) is -0.564. The third kappa shape index (κ3) is 2.73. The van der Waals surface area contributed by atoms with Crippen molar-refractivity contribution < 1.29 is 9.90 Å². The molecule has 0 aromatic heterocycles. The van der Waals surface area contributed by atoms with E-state index in [9.17, 15) is 9.90 Å². The molecule has 5 heteroatoms. The van der Waals surface area contributed by atoms with Gasteiger partial charge in [0.15, 0.2) is 0 Å². The Balaban J connectivity index is 2.24. The first-order valence-electron chi connectivity index (χ1n) is 5.21. The first-order chi connectivity index (χ1) is 8.56. The van der Waals surface area contributed by atoms with E-state index < -0.39 is 5.91 Å². The van der Waals surface area contributed by atoms with Gasteiger partial charge in [-0.1, -0.05) is 17.7 Å². The lowest BCUT2D eigenvalue weighted by Gasteiger charge is -2.07. The summed E-state index contributed by atoms with van der Waals surface area (Å²) in [6.07, 6.45) is 0. The zero-order valence-corrected chi connectivity index (χ0v) is 10.1. The second kappa shape index (κ2) is 4.98. The molecular weight excluding hydrogens is 252 g/mol. The molecule has 18 heavy (non-hydrogen) atoms. The maximum atomic E-state index is 11.9. The summed E-state index contributed by atoms with van der Waals surface area (Å²) in [5.41, 5.74) is 6.65. The topological polar surface area (TPSA) is 75.3 Å². The Hall–Kier alpha value is -2.20. The fourth-order valence-electron chi connectivity index (χ4n) is 1.50. The average Bonchev–Trinajstić information content (AvgIpc) is 2.32. The Morgan fingerprint density at radius 3 is 2.72 bits per heavy atom. The molecular formula is C13H11ClN2O2. The fraction of sp³-hybridized carbons (Fsp3) is 0. The molecule has 0 atom stereocenters. The second-order valence-electron chi connectivity index (χ2n) is 3.74. The molecule has 0 heterocycles. The number of carbonyl (C=O) groups excluding carboxylic acids is 1. The molecule has 4 nitrogen and oxygen atoms in total. The summed E-state index contributed by atoms with van der Waals surface area (Å²) in [5, 5.41) is 12.7. The van der Waals surface area contributed by atoms with Crippen molar-refractivity contribution in [1.29, 1.82) is 0 Å². The maximum absolute atomic E-state index is 11.9. The van der Waals surface area contributed by atoms with E-state index in [1.807, 2.05) is 0 Å². The van der Waals surface area contributed by atoms with Gasteiger partial charge in [0.2, 0.25) is 0 Å². The summed E-state index contributed by atoms with van der Waals surface area (Å²) >= 11 is 5.81. The SMILES string of the molecule is Nc1ccc(O)c(C(=O)Nc2cccc(Cl)c2)c1. The molecule has 92 valence electrons. The minimum Gasteiger partial charge on any atom is -0.507 e. The van der Waals surface area contributed by atoms with Crippen LogP contribution in [0.5, 0.6) is 5.75 Å². The predicted octanol–water partition coefficient (Wildman–Crippen LogP) is 2.88. The van der Waals surface area contributed by atoms with Crippen molar-refractivity contribution in [1.82, 2.24) is 0 Å². The van der Waals surface area contributed by atoms with Gasteiger partial charge >= 0.3 is 0 Å². The predicted molar refractivity (Wildman–Crippen MR) is 71.9 cm³/mol. The number of phenols is 1. The van der Waals surface area contributed by atoms with Crippen LogP contribution >= 0.6 is 11.6 Å². The summed E-state index contributed by atoms with van der Waals surface area (Å²) < 4.78 is 0. The van der Waals surface area contributed by atoms with E-state index in [1.54, 1.807) is 24.3 Å². The lowest BCUT2D eigenvalue weighted by Crippen LogP contribution is -2.12. The number of hydrogen-bond donors (Lipinski definition) is 3. The number of benzene rings is 2. The van der Waals surface area contributed by atoms with Crippen molar-refractivity contribution in [2.24, 2.45) is 0 Å². The number of phenolic OH excluding ortho intramolecular Hbond substituents is 1. The molecule has 0 bridgehead atoms. The van der Waals surface area contributed by atoms with Crippen molar-refractivity contribution in [3.63, 3.8) is 0 Å². The van der Waals surface area contributed by atoms with Crippen LogP contribution in [0, 0.1) is 0 Å². The highest BCUT2D eigenvalue weighted by molar-refractivity contribution is 6.31. The van der Waals surface area contributed by atoms with Gasteiger partial charge in [-0.3, -0.25) is 4.79 Å². The van der Waals surface area contributed by atoms with E-state index >= 15 is 0 Å². The van der Waals surface area contributed by atoms with Gasteiger partial charge in [-0.25, -0.2) is 0 Å². The number of rotatable bonds is 2. The van der Waals surface area contributed by atoms with Gasteiger partial charge in [0.05, 0.1) is 5.56 Å². The van der Waals surface area contributed by atoms with E-state index in [0.717, 1.165) is 0 Å². The van der Waals surface area contributed by atoms with E-state index in [2.05, 4.69) is 5.32 Å². The number of carbonyl (C=O) groups is 1. The Labute approximate surface area is 109 Å². The van der Waals surface area contributed by atoms with Crippen LogP contribution in [0.3, 0.4) is 0 Å². The van der Waals surface area contributed by atoms with Crippen molar-refractivity contribution in [2.75, 3.05) is 11.1 Å². The Kier molecular flexibility index (Phi) is 3.39. The summed E-state index contributed by atoms with van der Waals surface area (Å²) in [4.78, 5) is 11.9. The molecule has 0 unspecified atom stereocenters. The zero-order chi connectivity index (χ0) is 13.1. The first-order valence-corrected chi connectivity index (χ1v) is 5.59. The fourth-order valence-corrected chi connectivity index (χ4v) is 1.69. The number of nitrogens with two attached hydrogens (primary N) is 1. The summed E-state index contributed by atoms with van der Waals surface area (Å²) in [6, 6.07) is 11.0. The molecule has 2 aromatic carbocycles. The summed E-state index contributed by atoms with van der Waals surface area (Å²) in [6.45, 7) is 0. The highest BCUT2D eigenvalue weighted by atomic mass is 35.5. The monoisotopic (exact) mass is 262 g/mol. The van der Waals surface area contributed by atoms with Crippen LogP contribution < -0.4 is 11.1 Å². The Morgan fingerprint density at radius 2 is 2.00 bits per heavy atom. The smallest absolute Gasteiger partial charge is 0.259 e. The molecule has 0 spiro atoms. The molecule has 2 aromatic rings. The molecule has 0 saturated heterocycles. The third-order valence-corrected chi connectivity index (χ3v) is 2.58. The van der Waals surface area contributed by atoms with Gasteiger partial charge in [-0.15, -0.1) is 0 Å². The van der Waals surface area contributed by atoms with Crippen molar-refractivity contribution >= 4 is 28.9 Å². The largest absolute Gasteiger partial charge is 0.507 e.